The van der Waals surface area contributed by atoms with E-state index in [0.29, 0.717) is 10.8 Å². The van der Waals surface area contributed by atoms with Crippen molar-refractivity contribution in [1.29, 1.82) is 0 Å². The Labute approximate surface area is 106 Å². The zero-order chi connectivity index (χ0) is 14.0. The van der Waals surface area contributed by atoms with Gasteiger partial charge in [0.15, 0.2) is 0 Å². The molecule has 96 valence electrons. The largest absolute Gasteiger partial charge is 0.478 e. The first-order valence-electron chi connectivity index (χ1n) is 5.16. The van der Waals surface area contributed by atoms with Crippen LogP contribution in [-0.4, -0.2) is 33.0 Å². The summed E-state index contributed by atoms with van der Waals surface area (Å²) in [6.45, 7) is 0. The molecule has 0 unspecified atom stereocenters. The number of benzene rings is 1. The van der Waals surface area contributed by atoms with Gasteiger partial charge < -0.3 is 15.5 Å². The summed E-state index contributed by atoms with van der Waals surface area (Å²) in [6, 6.07) is 6.57. The maximum Gasteiger partial charge on any atom is 0.394 e. The number of nitrogens with one attached hydrogen (secondary N) is 1. The van der Waals surface area contributed by atoms with Gasteiger partial charge in [0.2, 0.25) is 0 Å². The van der Waals surface area contributed by atoms with E-state index in [4.69, 9.17) is 5.11 Å². The van der Waals surface area contributed by atoms with E-state index >= 15 is 0 Å². The molecule has 0 atom stereocenters. The molecule has 7 heteroatoms. The lowest BCUT2D eigenvalue weighted by Gasteiger charge is -2.08. The number of pyridine rings is 1. The first-order chi connectivity index (χ1) is 9.00. The van der Waals surface area contributed by atoms with E-state index in [1.807, 2.05) is 5.32 Å². The summed E-state index contributed by atoms with van der Waals surface area (Å²) in [6.07, 6.45) is 1.36. The lowest BCUT2D eigenvalue weighted by Crippen LogP contribution is -2.24. The number of carbonyl (C=O) groups excluding carboxylic acids is 1. The predicted octanol–water partition coefficient (Wildman–Crippen LogP) is 0.956. The van der Waals surface area contributed by atoms with Gasteiger partial charge in [-0.2, -0.15) is 0 Å². The Bertz CT molecular complexity index is 696. The second-order valence-electron chi connectivity index (χ2n) is 3.63. The SMILES string of the molecule is O=C(O)C(=O)Nc1ncc2ccccc2c1C(=O)O. The molecule has 19 heavy (non-hydrogen) atoms. The minimum atomic E-state index is -1.72. The van der Waals surface area contributed by atoms with Gasteiger partial charge in [0, 0.05) is 17.0 Å². The zero-order valence-electron chi connectivity index (χ0n) is 9.45. The van der Waals surface area contributed by atoms with Crippen molar-refractivity contribution < 1.29 is 24.6 Å². The van der Waals surface area contributed by atoms with Crippen LogP contribution in [-0.2, 0) is 9.59 Å². The number of nitrogens with zero attached hydrogens (tertiary/aromatic N) is 1. The van der Waals surface area contributed by atoms with Crippen molar-refractivity contribution in [3.63, 3.8) is 0 Å². The van der Waals surface area contributed by atoms with E-state index in [1.54, 1.807) is 24.3 Å². The van der Waals surface area contributed by atoms with Crippen LogP contribution in [0.5, 0.6) is 0 Å². The van der Waals surface area contributed by atoms with E-state index in [0.717, 1.165) is 0 Å². The van der Waals surface area contributed by atoms with Crippen LogP contribution in [0.25, 0.3) is 10.8 Å². The minimum absolute atomic E-state index is 0.243. The Morgan fingerprint density at radius 2 is 1.79 bits per heavy atom. The van der Waals surface area contributed by atoms with Crippen LogP contribution in [0.15, 0.2) is 30.5 Å². The van der Waals surface area contributed by atoms with Crippen molar-refractivity contribution in [2.75, 3.05) is 5.32 Å². The Kier molecular flexibility index (Phi) is 3.11. The van der Waals surface area contributed by atoms with Gasteiger partial charge in [0.1, 0.15) is 11.4 Å². The molecule has 0 bridgehead atoms. The van der Waals surface area contributed by atoms with Crippen LogP contribution >= 0.6 is 0 Å². The highest BCUT2D eigenvalue weighted by molar-refractivity contribution is 6.36. The fourth-order valence-electron chi connectivity index (χ4n) is 1.64. The molecule has 2 rings (SSSR count). The number of anilines is 1. The summed E-state index contributed by atoms with van der Waals surface area (Å²) < 4.78 is 0. The van der Waals surface area contributed by atoms with E-state index in [9.17, 15) is 19.5 Å². The number of aliphatic carboxylic acids is 1. The molecule has 0 saturated heterocycles. The van der Waals surface area contributed by atoms with Gasteiger partial charge in [0.25, 0.3) is 0 Å². The molecule has 1 amide bonds. The maximum atomic E-state index is 11.2. The number of fused-ring (bicyclic) bond motifs is 1. The van der Waals surface area contributed by atoms with Crippen LogP contribution in [0, 0.1) is 0 Å². The highest BCUT2D eigenvalue weighted by atomic mass is 16.4. The van der Waals surface area contributed by atoms with Crippen LogP contribution in [0.1, 0.15) is 10.4 Å². The molecule has 1 heterocycles. The van der Waals surface area contributed by atoms with Crippen molar-refractivity contribution in [3.05, 3.63) is 36.0 Å². The first kappa shape index (κ1) is 12.5. The maximum absolute atomic E-state index is 11.2. The molecule has 0 spiro atoms. The van der Waals surface area contributed by atoms with E-state index in [-0.39, 0.29) is 11.4 Å². The smallest absolute Gasteiger partial charge is 0.394 e. The quantitative estimate of drug-likeness (QED) is 0.692. The molecule has 7 nitrogen and oxygen atoms in total. The van der Waals surface area contributed by atoms with Crippen molar-refractivity contribution in [1.82, 2.24) is 4.98 Å². The molecule has 0 aliphatic carbocycles. The van der Waals surface area contributed by atoms with Crippen molar-refractivity contribution in [2.45, 2.75) is 0 Å². The Morgan fingerprint density at radius 1 is 1.11 bits per heavy atom. The third-order valence-electron chi connectivity index (χ3n) is 2.44. The fourth-order valence-corrected chi connectivity index (χ4v) is 1.64. The number of hydrogen-bond acceptors (Lipinski definition) is 4. The van der Waals surface area contributed by atoms with Gasteiger partial charge in [-0.1, -0.05) is 24.3 Å². The zero-order valence-corrected chi connectivity index (χ0v) is 9.45. The third-order valence-corrected chi connectivity index (χ3v) is 2.44. The summed E-state index contributed by atoms with van der Waals surface area (Å²) >= 11 is 0. The predicted molar refractivity (Wildman–Crippen MR) is 65.0 cm³/mol. The van der Waals surface area contributed by atoms with Crippen molar-refractivity contribution in [3.8, 4) is 0 Å². The number of amides is 1. The van der Waals surface area contributed by atoms with Gasteiger partial charge in [-0.15, -0.1) is 0 Å². The summed E-state index contributed by atoms with van der Waals surface area (Å²) in [5.74, 6) is -4.65. The monoisotopic (exact) mass is 260 g/mol. The molecular formula is C12H8N2O5. The Morgan fingerprint density at radius 3 is 2.42 bits per heavy atom. The molecular weight excluding hydrogens is 252 g/mol. The van der Waals surface area contributed by atoms with Crippen LogP contribution in [0.3, 0.4) is 0 Å². The summed E-state index contributed by atoms with van der Waals surface area (Å²) in [7, 11) is 0. The minimum Gasteiger partial charge on any atom is -0.478 e. The number of carboxylic acids is 2. The van der Waals surface area contributed by atoms with Gasteiger partial charge in [0.05, 0.1) is 0 Å². The highest BCUT2D eigenvalue weighted by Crippen LogP contribution is 2.23. The molecule has 0 saturated carbocycles. The molecule has 0 aliphatic rings. The first-order valence-corrected chi connectivity index (χ1v) is 5.16. The Hall–Kier alpha value is -2.96. The average Bonchev–Trinajstić information content (AvgIpc) is 2.37. The standard InChI is InChI=1S/C12H8N2O5/c15-10(12(18)19)14-9-8(11(16)17)7-4-2-1-3-6(7)5-13-9/h1-5H,(H,16,17)(H,18,19)(H,13,14,15). The average molecular weight is 260 g/mol. The second-order valence-corrected chi connectivity index (χ2v) is 3.63. The molecule has 3 N–H and O–H groups in total. The van der Waals surface area contributed by atoms with Gasteiger partial charge in [-0.25, -0.2) is 14.6 Å². The van der Waals surface area contributed by atoms with Gasteiger partial charge in [-0.3, -0.25) is 4.79 Å². The van der Waals surface area contributed by atoms with E-state index in [1.165, 1.54) is 6.20 Å². The normalized spacial score (nSPS) is 10.1. The van der Waals surface area contributed by atoms with Gasteiger partial charge in [-0.05, 0) is 0 Å². The molecule has 0 fully saturated rings. The third kappa shape index (κ3) is 2.34. The van der Waals surface area contributed by atoms with E-state index in [2.05, 4.69) is 4.98 Å². The summed E-state index contributed by atoms with van der Waals surface area (Å²) in [5, 5.41) is 20.6. The van der Waals surface area contributed by atoms with Crippen molar-refractivity contribution >= 4 is 34.4 Å². The van der Waals surface area contributed by atoms with Gasteiger partial charge >= 0.3 is 17.8 Å². The highest BCUT2D eigenvalue weighted by Gasteiger charge is 2.20. The molecule has 0 aliphatic heterocycles. The number of carboxylic acid groups (broad SMARTS) is 2. The molecule has 1 aromatic heterocycles. The number of rotatable bonds is 2. The topological polar surface area (TPSA) is 117 Å². The lowest BCUT2D eigenvalue weighted by molar-refractivity contribution is -0.147. The van der Waals surface area contributed by atoms with Crippen LogP contribution in [0.4, 0.5) is 5.82 Å². The number of carbonyl (C=O) groups is 3. The second kappa shape index (κ2) is 4.73. The lowest BCUT2D eigenvalue weighted by atomic mass is 10.1. The molecule has 2 aromatic rings. The number of aromatic carboxylic acids is 1. The molecule has 1 aromatic carbocycles. The number of aromatic nitrogens is 1. The van der Waals surface area contributed by atoms with Crippen LogP contribution in [0.2, 0.25) is 0 Å². The molecule has 0 radical (unpaired) electrons. The summed E-state index contributed by atoms with van der Waals surface area (Å²) in [4.78, 5) is 36.6. The number of hydrogen-bond donors (Lipinski definition) is 3. The Balaban J connectivity index is 2.61. The van der Waals surface area contributed by atoms with Crippen LogP contribution < -0.4 is 5.32 Å². The van der Waals surface area contributed by atoms with E-state index < -0.39 is 17.8 Å². The fraction of sp³-hybridized carbons (Fsp3) is 0. The van der Waals surface area contributed by atoms with Crippen molar-refractivity contribution in [2.24, 2.45) is 0 Å². The summed E-state index contributed by atoms with van der Waals surface area (Å²) in [5.41, 5.74) is -0.243.